The number of hydrogen-bond acceptors (Lipinski definition) is 3. The fraction of sp³-hybridized carbons (Fsp3) is 1.00. The first kappa shape index (κ1) is 16.2. The predicted octanol–water partition coefficient (Wildman–Crippen LogP) is 1.68. The maximum absolute atomic E-state index is 3.45. The van der Waals surface area contributed by atoms with Gasteiger partial charge in [-0.2, -0.15) is 0 Å². The second kappa shape index (κ2) is 7.68. The third-order valence-corrected chi connectivity index (χ3v) is 4.62. The van der Waals surface area contributed by atoms with E-state index in [9.17, 15) is 0 Å². The Morgan fingerprint density at radius 2 is 1.83 bits per heavy atom. The van der Waals surface area contributed by atoms with Gasteiger partial charge >= 0.3 is 0 Å². The van der Waals surface area contributed by atoms with Gasteiger partial charge in [0.2, 0.25) is 0 Å². The molecule has 0 aromatic rings. The van der Waals surface area contributed by atoms with Gasteiger partial charge in [-0.05, 0) is 64.8 Å². The highest BCUT2D eigenvalue weighted by Gasteiger charge is 2.30. The molecule has 0 amide bonds. The van der Waals surface area contributed by atoms with E-state index in [0.29, 0.717) is 0 Å². The van der Waals surface area contributed by atoms with Crippen molar-refractivity contribution in [3.05, 3.63) is 0 Å². The highest BCUT2D eigenvalue weighted by molar-refractivity contribution is 5.85. The number of rotatable bonds is 4. The third-order valence-electron chi connectivity index (χ3n) is 4.62. The van der Waals surface area contributed by atoms with Gasteiger partial charge in [-0.25, -0.2) is 0 Å². The minimum absolute atomic E-state index is 0. The molecule has 2 unspecified atom stereocenters. The Kier molecular flexibility index (Phi) is 6.93. The van der Waals surface area contributed by atoms with Crippen LogP contribution in [0, 0.1) is 11.8 Å². The van der Waals surface area contributed by atoms with Crippen LogP contribution in [0.1, 0.15) is 26.2 Å². The number of likely N-dealkylation sites (N-methyl/N-ethyl adjacent to an activating group) is 1. The van der Waals surface area contributed by atoms with E-state index in [1.807, 2.05) is 0 Å². The lowest BCUT2D eigenvalue weighted by atomic mass is 9.94. The van der Waals surface area contributed by atoms with Gasteiger partial charge in [0.1, 0.15) is 0 Å². The molecular formula is C14H30ClN3. The molecule has 2 saturated heterocycles. The number of likely N-dealkylation sites (tertiary alicyclic amines) is 1. The van der Waals surface area contributed by atoms with Crippen molar-refractivity contribution in [1.82, 2.24) is 15.1 Å². The van der Waals surface area contributed by atoms with E-state index >= 15 is 0 Å². The van der Waals surface area contributed by atoms with Crippen molar-refractivity contribution in [3.63, 3.8) is 0 Å². The van der Waals surface area contributed by atoms with Gasteiger partial charge < -0.3 is 15.1 Å². The summed E-state index contributed by atoms with van der Waals surface area (Å²) in [6.07, 6.45) is 4.19. The summed E-state index contributed by atoms with van der Waals surface area (Å²) >= 11 is 0. The summed E-state index contributed by atoms with van der Waals surface area (Å²) in [5, 5.41) is 3.45. The van der Waals surface area contributed by atoms with Gasteiger partial charge in [0.05, 0.1) is 0 Å². The minimum Gasteiger partial charge on any atom is -0.317 e. The summed E-state index contributed by atoms with van der Waals surface area (Å²) in [6, 6.07) is 0.767. The van der Waals surface area contributed by atoms with Crippen LogP contribution in [0.4, 0.5) is 0 Å². The monoisotopic (exact) mass is 275 g/mol. The lowest BCUT2D eigenvalue weighted by Crippen LogP contribution is -2.35. The van der Waals surface area contributed by atoms with Crippen LogP contribution in [0.2, 0.25) is 0 Å². The quantitative estimate of drug-likeness (QED) is 0.842. The molecule has 0 bridgehead atoms. The fourth-order valence-corrected chi connectivity index (χ4v) is 3.44. The maximum atomic E-state index is 3.45. The minimum atomic E-state index is 0. The molecule has 1 N–H and O–H groups in total. The van der Waals surface area contributed by atoms with Crippen LogP contribution in [0.5, 0.6) is 0 Å². The molecule has 4 heteroatoms. The van der Waals surface area contributed by atoms with Crippen LogP contribution in [-0.4, -0.2) is 62.7 Å². The molecule has 2 fully saturated rings. The average molecular weight is 276 g/mol. The van der Waals surface area contributed by atoms with Gasteiger partial charge in [0.25, 0.3) is 0 Å². The number of nitrogens with zero attached hydrogens (tertiary/aromatic N) is 2. The third kappa shape index (κ3) is 4.37. The van der Waals surface area contributed by atoms with E-state index in [1.165, 1.54) is 52.0 Å². The zero-order chi connectivity index (χ0) is 12.3. The van der Waals surface area contributed by atoms with Gasteiger partial charge in [-0.15, -0.1) is 12.4 Å². The second-order valence-electron chi connectivity index (χ2n) is 6.25. The van der Waals surface area contributed by atoms with E-state index in [4.69, 9.17) is 0 Å². The van der Waals surface area contributed by atoms with Crippen LogP contribution in [0.25, 0.3) is 0 Å². The molecule has 0 aromatic carbocycles. The zero-order valence-electron chi connectivity index (χ0n) is 12.2. The molecular weight excluding hydrogens is 246 g/mol. The van der Waals surface area contributed by atoms with E-state index in [0.717, 1.165) is 17.9 Å². The van der Waals surface area contributed by atoms with Crippen LogP contribution in [0.3, 0.4) is 0 Å². The highest BCUT2D eigenvalue weighted by Crippen LogP contribution is 2.22. The molecule has 2 heterocycles. The van der Waals surface area contributed by atoms with Gasteiger partial charge in [0.15, 0.2) is 0 Å². The first-order chi connectivity index (χ1) is 8.16. The second-order valence-corrected chi connectivity index (χ2v) is 6.25. The largest absolute Gasteiger partial charge is 0.317 e. The first-order valence-corrected chi connectivity index (χ1v) is 7.26. The van der Waals surface area contributed by atoms with E-state index in [2.05, 4.69) is 36.1 Å². The fourth-order valence-electron chi connectivity index (χ4n) is 3.44. The van der Waals surface area contributed by atoms with Crippen molar-refractivity contribution < 1.29 is 0 Å². The standard InChI is InChI=1S/C14H29N3.ClH/c1-12-10-17(11-14(12)16(2)3)9-6-13-4-7-15-8-5-13;/h12-15H,4-11H2,1-3H3;1H. The van der Waals surface area contributed by atoms with Gasteiger partial charge in [-0.3, -0.25) is 0 Å². The van der Waals surface area contributed by atoms with Crippen molar-refractivity contribution in [3.8, 4) is 0 Å². The van der Waals surface area contributed by atoms with Crippen molar-refractivity contribution in [2.24, 2.45) is 11.8 Å². The van der Waals surface area contributed by atoms with Crippen molar-refractivity contribution in [1.29, 1.82) is 0 Å². The first-order valence-electron chi connectivity index (χ1n) is 7.26. The molecule has 3 nitrogen and oxygen atoms in total. The molecule has 2 aliphatic rings. The molecule has 0 radical (unpaired) electrons. The van der Waals surface area contributed by atoms with Crippen molar-refractivity contribution in [2.75, 3.05) is 46.8 Å². The predicted molar refractivity (Wildman–Crippen MR) is 80.5 cm³/mol. The van der Waals surface area contributed by atoms with Crippen molar-refractivity contribution >= 4 is 12.4 Å². The molecule has 18 heavy (non-hydrogen) atoms. The van der Waals surface area contributed by atoms with Crippen LogP contribution in [-0.2, 0) is 0 Å². The summed E-state index contributed by atoms with van der Waals surface area (Å²) in [7, 11) is 4.44. The Bertz CT molecular complexity index is 229. The SMILES string of the molecule is CC1CN(CCC2CCNCC2)CC1N(C)C.Cl. The molecule has 0 aromatic heterocycles. The smallest absolute Gasteiger partial charge is 0.0254 e. The molecule has 0 saturated carbocycles. The Morgan fingerprint density at radius 3 is 2.39 bits per heavy atom. The number of piperidine rings is 1. The normalized spacial score (nSPS) is 30.7. The lowest BCUT2D eigenvalue weighted by Gasteiger charge is -2.25. The van der Waals surface area contributed by atoms with Gasteiger partial charge in [-0.1, -0.05) is 6.92 Å². The average Bonchev–Trinajstić information content (AvgIpc) is 2.69. The molecule has 0 aliphatic carbocycles. The lowest BCUT2D eigenvalue weighted by molar-refractivity contribution is 0.239. The van der Waals surface area contributed by atoms with Crippen molar-refractivity contribution in [2.45, 2.75) is 32.2 Å². The number of hydrogen-bond donors (Lipinski definition) is 1. The van der Waals surface area contributed by atoms with Crippen LogP contribution >= 0.6 is 12.4 Å². The van der Waals surface area contributed by atoms with E-state index < -0.39 is 0 Å². The van der Waals surface area contributed by atoms with E-state index in [-0.39, 0.29) is 12.4 Å². The Balaban J connectivity index is 0.00000162. The molecule has 2 atom stereocenters. The summed E-state index contributed by atoms with van der Waals surface area (Å²) in [6.45, 7) is 8.77. The van der Waals surface area contributed by atoms with Crippen LogP contribution < -0.4 is 5.32 Å². The Morgan fingerprint density at radius 1 is 1.17 bits per heavy atom. The number of nitrogens with one attached hydrogen (secondary N) is 1. The Hall–Kier alpha value is 0.170. The molecule has 2 rings (SSSR count). The highest BCUT2D eigenvalue weighted by atomic mass is 35.5. The van der Waals surface area contributed by atoms with E-state index in [1.54, 1.807) is 0 Å². The zero-order valence-corrected chi connectivity index (χ0v) is 13.0. The Labute approximate surface area is 119 Å². The maximum Gasteiger partial charge on any atom is 0.0254 e. The number of halogens is 1. The van der Waals surface area contributed by atoms with Gasteiger partial charge in [0, 0.05) is 19.1 Å². The summed E-state index contributed by atoms with van der Waals surface area (Å²) in [5.74, 6) is 1.81. The molecule has 2 aliphatic heterocycles. The summed E-state index contributed by atoms with van der Waals surface area (Å²) in [5.41, 5.74) is 0. The summed E-state index contributed by atoms with van der Waals surface area (Å²) < 4.78 is 0. The summed E-state index contributed by atoms with van der Waals surface area (Å²) in [4.78, 5) is 5.08. The molecule has 108 valence electrons. The van der Waals surface area contributed by atoms with Crippen LogP contribution in [0.15, 0.2) is 0 Å². The topological polar surface area (TPSA) is 18.5 Å². The molecule has 0 spiro atoms.